The number of amides is 1. The van der Waals surface area contributed by atoms with Crippen LogP contribution in [-0.2, 0) is 4.79 Å². The van der Waals surface area contributed by atoms with Crippen molar-refractivity contribution in [3.8, 4) is 5.13 Å². The first kappa shape index (κ1) is 18.6. The number of benzene rings is 2. The number of para-hydroxylation sites is 1. The lowest BCUT2D eigenvalue weighted by Crippen LogP contribution is -2.15. The van der Waals surface area contributed by atoms with E-state index >= 15 is 0 Å². The van der Waals surface area contributed by atoms with Crippen LogP contribution in [0.4, 0.5) is 10.2 Å². The Bertz CT molecular complexity index is 1090. The summed E-state index contributed by atoms with van der Waals surface area (Å²) in [5.41, 5.74) is 1.71. The molecule has 2 aromatic heterocycles. The van der Waals surface area contributed by atoms with Gasteiger partial charge in [0.05, 0.1) is 15.9 Å². The van der Waals surface area contributed by atoms with E-state index in [1.54, 1.807) is 16.8 Å². The fraction of sp³-hybridized carbons (Fsp3) is 0.150. The van der Waals surface area contributed by atoms with E-state index in [1.165, 1.54) is 35.2 Å². The maximum Gasteiger partial charge on any atom is 0.226 e. The molecule has 142 valence electrons. The molecule has 28 heavy (non-hydrogen) atoms. The number of rotatable bonds is 6. The highest BCUT2D eigenvalue weighted by Gasteiger charge is 2.14. The third-order valence-electron chi connectivity index (χ3n) is 3.97. The van der Waals surface area contributed by atoms with Gasteiger partial charge in [0, 0.05) is 23.1 Å². The van der Waals surface area contributed by atoms with Crippen LogP contribution in [0.25, 0.3) is 15.3 Å². The summed E-state index contributed by atoms with van der Waals surface area (Å²) < 4.78 is 15.7. The monoisotopic (exact) mass is 412 g/mol. The highest BCUT2D eigenvalue weighted by Crippen LogP contribution is 2.27. The molecule has 2 heterocycles. The van der Waals surface area contributed by atoms with E-state index in [0.717, 1.165) is 20.8 Å². The first-order valence-corrected chi connectivity index (χ1v) is 10.5. The average molecular weight is 413 g/mol. The number of thiazole rings is 1. The minimum Gasteiger partial charge on any atom is -0.310 e. The Labute approximate surface area is 169 Å². The molecule has 4 aromatic rings. The summed E-state index contributed by atoms with van der Waals surface area (Å²) in [6.45, 7) is 1.88. The van der Waals surface area contributed by atoms with Gasteiger partial charge >= 0.3 is 0 Å². The van der Waals surface area contributed by atoms with E-state index in [2.05, 4.69) is 15.4 Å². The molecule has 0 aliphatic heterocycles. The zero-order chi connectivity index (χ0) is 19.5. The maximum atomic E-state index is 12.9. The van der Waals surface area contributed by atoms with Gasteiger partial charge in [0.1, 0.15) is 11.6 Å². The quantitative estimate of drug-likeness (QED) is 0.450. The van der Waals surface area contributed by atoms with Gasteiger partial charge in [0.2, 0.25) is 11.0 Å². The van der Waals surface area contributed by atoms with E-state index in [9.17, 15) is 9.18 Å². The second-order valence-electron chi connectivity index (χ2n) is 6.15. The summed E-state index contributed by atoms with van der Waals surface area (Å²) in [6.07, 6.45) is 0.339. The lowest BCUT2D eigenvalue weighted by molar-refractivity contribution is -0.115. The summed E-state index contributed by atoms with van der Waals surface area (Å²) in [5, 5.41) is 8.11. The van der Waals surface area contributed by atoms with Gasteiger partial charge in [-0.1, -0.05) is 23.5 Å². The number of thioether (sulfide) groups is 1. The Morgan fingerprint density at radius 3 is 2.79 bits per heavy atom. The standard InChI is InChI=1S/C20H17FN4OS2/c1-13-12-18(23-19(26)10-11-27-15-8-6-14(21)7-9-15)25(24-13)20-22-16-4-2-3-5-17(16)28-20/h2-9,12H,10-11H2,1H3,(H,23,26). The number of nitrogens with zero attached hydrogens (tertiary/aromatic N) is 3. The van der Waals surface area contributed by atoms with E-state index in [-0.39, 0.29) is 11.7 Å². The fourth-order valence-corrected chi connectivity index (χ4v) is 4.47. The normalized spacial score (nSPS) is 11.1. The van der Waals surface area contributed by atoms with Gasteiger partial charge in [-0.15, -0.1) is 11.8 Å². The number of hydrogen-bond acceptors (Lipinski definition) is 5. The van der Waals surface area contributed by atoms with Crippen molar-refractivity contribution < 1.29 is 9.18 Å². The molecule has 4 rings (SSSR count). The number of carbonyl (C=O) groups excluding carboxylic acids is 1. The molecule has 2 aromatic carbocycles. The van der Waals surface area contributed by atoms with Crippen molar-refractivity contribution in [1.29, 1.82) is 0 Å². The number of halogens is 1. The Kier molecular flexibility index (Phi) is 5.40. The van der Waals surface area contributed by atoms with Gasteiger partial charge in [-0.2, -0.15) is 9.78 Å². The molecule has 1 amide bonds. The number of carbonyl (C=O) groups is 1. The molecule has 0 aliphatic carbocycles. The molecule has 0 aliphatic rings. The van der Waals surface area contributed by atoms with Crippen LogP contribution in [-0.4, -0.2) is 26.4 Å². The van der Waals surface area contributed by atoms with Crippen molar-refractivity contribution in [1.82, 2.24) is 14.8 Å². The van der Waals surface area contributed by atoms with Crippen molar-refractivity contribution in [2.75, 3.05) is 11.1 Å². The Hall–Kier alpha value is -2.71. The number of hydrogen-bond donors (Lipinski definition) is 1. The zero-order valence-corrected chi connectivity index (χ0v) is 16.7. The molecular formula is C20H17FN4OS2. The molecular weight excluding hydrogens is 395 g/mol. The van der Waals surface area contributed by atoms with Crippen molar-refractivity contribution in [2.45, 2.75) is 18.2 Å². The minimum absolute atomic E-state index is 0.100. The van der Waals surface area contributed by atoms with E-state index in [1.807, 2.05) is 37.3 Å². The summed E-state index contributed by atoms with van der Waals surface area (Å²) in [5.74, 6) is 0.844. The highest BCUT2D eigenvalue weighted by molar-refractivity contribution is 7.99. The van der Waals surface area contributed by atoms with Gasteiger partial charge in [-0.25, -0.2) is 9.37 Å². The van der Waals surface area contributed by atoms with Gasteiger partial charge in [-0.05, 0) is 43.3 Å². The molecule has 0 unspecified atom stereocenters. The fourth-order valence-electron chi connectivity index (χ4n) is 2.68. The maximum absolute atomic E-state index is 12.9. The molecule has 0 spiro atoms. The van der Waals surface area contributed by atoms with Crippen LogP contribution >= 0.6 is 23.1 Å². The third kappa shape index (κ3) is 4.23. The predicted octanol–water partition coefficient (Wildman–Crippen LogP) is 5.05. The lowest BCUT2D eigenvalue weighted by Gasteiger charge is -2.06. The summed E-state index contributed by atoms with van der Waals surface area (Å²) in [4.78, 5) is 17.9. The SMILES string of the molecule is Cc1cc(NC(=O)CCSc2ccc(F)cc2)n(-c2nc3ccccc3s2)n1. The van der Waals surface area contributed by atoms with E-state index < -0.39 is 0 Å². The van der Waals surface area contributed by atoms with Crippen LogP contribution in [0, 0.1) is 12.7 Å². The number of fused-ring (bicyclic) bond motifs is 1. The summed E-state index contributed by atoms with van der Waals surface area (Å²) in [6, 6.07) is 16.0. The summed E-state index contributed by atoms with van der Waals surface area (Å²) in [7, 11) is 0. The van der Waals surface area contributed by atoms with Gasteiger partial charge < -0.3 is 5.32 Å². The minimum atomic E-state index is -0.263. The van der Waals surface area contributed by atoms with Crippen molar-refractivity contribution in [3.63, 3.8) is 0 Å². The highest BCUT2D eigenvalue weighted by atomic mass is 32.2. The Balaban J connectivity index is 1.43. The molecule has 5 nitrogen and oxygen atoms in total. The van der Waals surface area contributed by atoms with E-state index in [0.29, 0.717) is 23.1 Å². The topological polar surface area (TPSA) is 59.8 Å². The molecule has 0 bridgehead atoms. The molecule has 0 saturated heterocycles. The molecule has 1 N–H and O–H groups in total. The van der Waals surface area contributed by atoms with Crippen LogP contribution in [0.5, 0.6) is 0 Å². The zero-order valence-electron chi connectivity index (χ0n) is 15.1. The smallest absolute Gasteiger partial charge is 0.226 e. The molecule has 0 fully saturated rings. The van der Waals surface area contributed by atoms with Crippen molar-refractivity contribution in [3.05, 3.63) is 66.1 Å². The predicted molar refractivity (Wildman–Crippen MR) is 112 cm³/mol. The van der Waals surface area contributed by atoms with Crippen LogP contribution in [0.2, 0.25) is 0 Å². The third-order valence-corrected chi connectivity index (χ3v) is 6.00. The Morgan fingerprint density at radius 2 is 2.00 bits per heavy atom. The van der Waals surface area contributed by atoms with Crippen LogP contribution < -0.4 is 5.32 Å². The first-order valence-electron chi connectivity index (χ1n) is 8.69. The van der Waals surface area contributed by atoms with E-state index in [4.69, 9.17) is 0 Å². The molecule has 0 saturated carbocycles. The van der Waals surface area contributed by atoms with Gasteiger partial charge in [0.25, 0.3) is 0 Å². The van der Waals surface area contributed by atoms with Gasteiger partial charge in [0.15, 0.2) is 0 Å². The molecule has 8 heteroatoms. The van der Waals surface area contributed by atoms with Crippen molar-refractivity contribution >= 4 is 45.0 Å². The number of nitrogens with one attached hydrogen (secondary N) is 1. The average Bonchev–Trinajstić information content (AvgIpc) is 3.26. The lowest BCUT2D eigenvalue weighted by atomic mass is 10.3. The second kappa shape index (κ2) is 8.12. The Morgan fingerprint density at radius 1 is 1.21 bits per heavy atom. The van der Waals surface area contributed by atoms with Gasteiger partial charge in [-0.3, -0.25) is 4.79 Å². The number of aryl methyl sites for hydroxylation is 1. The van der Waals surface area contributed by atoms with Crippen LogP contribution in [0.3, 0.4) is 0 Å². The molecule has 0 radical (unpaired) electrons. The first-order chi connectivity index (χ1) is 13.6. The number of aromatic nitrogens is 3. The number of anilines is 1. The molecule has 0 atom stereocenters. The second-order valence-corrected chi connectivity index (χ2v) is 8.32. The van der Waals surface area contributed by atoms with Crippen LogP contribution in [0.15, 0.2) is 59.5 Å². The van der Waals surface area contributed by atoms with Crippen molar-refractivity contribution in [2.24, 2.45) is 0 Å². The summed E-state index contributed by atoms with van der Waals surface area (Å²) >= 11 is 3.04. The van der Waals surface area contributed by atoms with Crippen LogP contribution in [0.1, 0.15) is 12.1 Å². The largest absolute Gasteiger partial charge is 0.310 e.